The Bertz CT molecular complexity index is 1330. The van der Waals surface area contributed by atoms with Gasteiger partial charge in [0.2, 0.25) is 5.89 Å². The summed E-state index contributed by atoms with van der Waals surface area (Å²) in [6.07, 6.45) is 5.55. The minimum absolute atomic E-state index is 0. The van der Waals surface area contributed by atoms with Crippen molar-refractivity contribution in [2.45, 2.75) is 37.0 Å². The van der Waals surface area contributed by atoms with Crippen LogP contribution in [-0.2, 0) is 5.41 Å². The van der Waals surface area contributed by atoms with Gasteiger partial charge in [-0.3, -0.25) is 4.79 Å². The minimum atomic E-state index is -0.256. The van der Waals surface area contributed by atoms with Gasteiger partial charge >= 0.3 is 0 Å². The quantitative estimate of drug-likeness (QED) is 0.463. The van der Waals surface area contributed by atoms with Crippen LogP contribution in [0.2, 0.25) is 0 Å². The average Bonchev–Trinajstić information content (AvgIpc) is 3.30. The third-order valence-electron chi connectivity index (χ3n) is 6.75. The van der Waals surface area contributed by atoms with Crippen molar-refractivity contribution in [3.8, 4) is 17.2 Å². The first-order chi connectivity index (χ1) is 15.7. The minimum Gasteiger partial charge on any atom is -0.497 e. The maximum Gasteiger partial charge on any atom is 0.253 e. The molecule has 1 saturated carbocycles. The number of ether oxygens (including phenoxy) is 1. The molecule has 1 saturated heterocycles. The number of H-pyrrole nitrogens is 1. The van der Waals surface area contributed by atoms with Crippen LogP contribution in [0, 0.1) is 0 Å². The van der Waals surface area contributed by atoms with E-state index in [2.05, 4.69) is 25.6 Å². The van der Waals surface area contributed by atoms with Crippen LogP contribution in [0.5, 0.6) is 5.75 Å². The van der Waals surface area contributed by atoms with E-state index >= 15 is 0 Å². The zero-order chi connectivity index (χ0) is 21.7. The summed E-state index contributed by atoms with van der Waals surface area (Å²) in [5, 5.41) is 16.6. The lowest BCUT2D eigenvalue weighted by Crippen LogP contribution is -2.28. The lowest BCUT2D eigenvalue weighted by Gasteiger charge is -2.23. The van der Waals surface area contributed by atoms with E-state index in [1.54, 1.807) is 19.4 Å². The number of hydrogen-bond acceptors (Lipinski definition) is 7. The van der Waals surface area contributed by atoms with Crippen LogP contribution in [0.15, 0.2) is 45.7 Å². The molecule has 9 nitrogen and oxygen atoms in total. The second-order valence-electron chi connectivity index (χ2n) is 8.62. The Balaban J connectivity index is 0.00000228. The van der Waals surface area contributed by atoms with E-state index in [0.717, 1.165) is 55.8 Å². The smallest absolute Gasteiger partial charge is 0.253 e. The number of benzene rings is 1. The molecule has 1 aliphatic carbocycles. The van der Waals surface area contributed by atoms with Crippen LogP contribution in [0.3, 0.4) is 0 Å². The molecule has 0 amide bonds. The van der Waals surface area contributed by atoms with Crippen molar-refractivity contribution in [2.24, 2.45) is 0 Å². The zero-order valence-corrected chi connectivity index (χ0v) is 19.0. The molecule has 172 valence electrons. The standard InChI is InChI=1S/C23H24N6O3.ClH/c1-31-16-4-2-15(3-5-16)23(8-9-23)22-28-27-21(32-22)17-13-25-29-18(12-19(30)26-20(17)29)14-6-10-24-11-7-14;/h2-5,12-14,24H,6-11H2,1H3,(H,26,30);1H. The van der Waals surface area contributed by atoms with Crippen molar-refractivity contribution in [3.63, 3.8) is 0 Å². The number of aromatic nitrogens is 5. The molecule has 0 unspecified atom stereocenters. The summed E-state index contributed by atoms with van der Waals surface area (Å²) in [6, 6.07) is 9.65. The predicted octanol–water partition coefficient (Wildman–Crippen LogP) is 3.05. The van der Waals surface area contributed by atoms with Gasteiger partial charge < -0.3 is 19.5 Å². The summed E-state index contributed by atoms with van der Waals surface area (Å²) in [7, 11) is 1.66. The zero-order valence-electron chi connectivity index (χ0n) is 18.2. The summed E-state index contributed by atoms with van der Waals surface area (Å²) in [5.41, 5.74) is 2.89. The summed E-state index contributed by atoms with van der Waals surface area (Å²) in [4.78, 5) is 15.4. The summed E-state index contributed by atoms with van der Waals surface area (Å²) in [5.74, 6) is 2.06. The van der Waals surface area contributed by atoms with Crippen LogP contribution in [0.1, 0.15) is 48.7 Å². The van der Waals surface area contributed by atoms with Gasteiger partial charge in [0.15, 0.2) is 0 Å². The lowest BCUT2D eigenvalue weighted by molar-refractivity contribution is 0.414. The van der Waals surface area contributed by atoms with E-state index in [1.165, 1.54) is 0 Å². The highest BCUT2D eigenvalue weighted by Crippen LogP contribution is 2.53. The molecular weight excluding hydrogens is 444 g/mol. The SMILES string of the molecule is COc1ccc(C2(c3nnc(-c4cnn5c(C6CCNCC6)cc(=O)[nH]c45)o3)CC2)cc1.Cl. The van der Waals surface area contributed by atoms with Gasteiger partial charge in [-0.2, -0.15) is 5.10 Å². The Morgan fingerprint density at radius 3 is 2.61 bits per heavy atom. The van der Waals surface area contributed by atoms with Gasteiger partial charge in [-0.15, -0.1) is 22.6 Å². The van der Waals surface area contributed by atoms with Gasteiger partial charge in [-0.05, 0) is 56.5 Å². The van der Waals surface area contributed by atoms with Gasteiger partial charge in [0.25, 0.3) is 11.4 Å². The molecule has 2 aliphatic rings. The van der Waals surface area contributed by atoms with Gasteiger partial charge in [0.1, 0.15) is 17.0 Å². The van der Waals surface area contributed by atoms with Gasteiger partial charge in [0, 0.05) is 12.0 Å². The van der Waals surface area contributed by atoms with Gasteiger partial charge in [-0.25, -0.2) is 4.52 Å². The lowest BCUT2D eigenvalue weighted by atomic mass is 9.94. The Labute approximate surface area is 196 Å². The number of hydrogen-bond donors (Lipinski definition) is 2. The third kappa shape index (κ3) is 3.61. The van der Waals surface area contributed by atoms with Crippen molar-refractivity contribution in [1.29, 1.82) is 0 Å². The largest absolute Gasteiger partial charge is 0.497 e. The molecule has 0 bridgehead atoms. The molecule has 2 N–H and O–H groups in total. The summed E-state index contributed by atoms with van der Waals surface area (Å²) < 4.78 is 13.2. The van der Waals surface area contributed by atoms with E-state index in [-0.39, 0.29) is 29.3 Å². The number of aromatic amines is 1. The van der Waals surface area contributed by atoms with E-state index in [1.807, 2.05) is 28.8 Å². The fourth-order valence-electron chi connectivity index (χ4n) is 4.76. The number of nitrogens with one attached hydrogen (secondary N) is 2. The number of nitrogens with zero attached hydrogens (tertiary/aromatic N) is 4. The summed E-state index contributed by atoms with van der Waals surface area (Å²) >= 11 is 0. The molecule has 0 spiro atoms. The summed E-state index contributed by atoms with van der Waals surface area (Å²) in [6.45, 7) is 1.88. The molecule has 2 fully saturated rings. The Hall–Kier alpha value is -3.17. The molecule has 10 heteroatoms. The highest BCUT2D eigenvalue weighted by atomic mass is 35.5. The molecular formula is C23H25ClN6O3. The normalized spacial score (nSPS) is 17.6. The van der Waals surface area contributed by atoms with E-state index < -0.39 is 0 Å². The van der Waals surface area contributed by atoms with Crippen LogP contribution in [0.4, 0.5) is 0 Å². The molecule has 4 aromatic rings. The number of halogens is 1. The fourth-order valence-corrected chi connectivity index (χ4v) is 4.76. The number of methoxy groups -OCH3 is 1. The second kappa shape index (κ2) is 8.31. The van der Waals surface area contributed by atoms with Crippen molar-refractivity contribution in [1.82, 2.24) is 30.1 Å². The predicted molar refractivity (Wildman–Crippen MR) is 124 cm³/mol. The van der Waals surface area contributed by atoms with Crippen molar-refractivity contribution >= 4 is 18.1 Å². The Morgan fingerprint density at radius 2 is 1.91 bits per heavy atom. The van der Waals surface area contributed by atoms with Crippen molar-refractivity contribution < 1.29 is 9.15 Å². The molecule has 1 aliphatic heterocycles. The van der Waals surface area contributed by atoms with Crippen LogP contribution in [-0.4, -0.2) is 45.0 Å². The van der Waals surface area contributed by atoms with E-state index in [0.29, 0.717) is 23.0 Å². The fraction of sp³-hybridized carbons (Fsp3) is 0.391. The molecule has 0 atom stereocenters. The maximum atomic E-state index is 12.5. The molecule has 0 radical (unpaired) electrons. The first-order valence-corrected chi connectivity index (χ1v) is 11.0. The molecule has 6 rings (SSSR count). The van der Waals surface area contributed by atoms with Crippen molar-refractivity contribution in [2.75, 3.05) is 20.2 Å². The van der Waals surface area contributed by atoms with Gasteiger partial charge in [-0.1, -0.05) is 12.1 Å². The Kier molecular flexibility index (Phi) is 5.46. The highest BCUT2D eigenvalue weighted by Gasteiger charge is 2.50. The number of rotatable bonds is 5. The van der Waals surface area contributed by atoms with E-state index in [4.69, 9.17) is 9.15 Å². The topological polar surface area (TPSA) is 110 Å². The van der Waals surface area contributed by atoms with Crippen LogP contribution < -0.4 is 15.6 Å². The third-order valence-corrected chi connectivity index (χ3v) is 6.75. The average molecular weight is 469 g/mol. The van der Waals surface area contributed by atoms with Crippen LogP contribution >= 0.6 is 12.4 Å². The first kappa shape index (κ1) is 21.7. The van der Waals surface area contributed by atoms with Crippen molar-refractivity contribution in [3.05, 3.63) is 64.0 Å². The molecule has 1 aromatic carbocycles. The Morgan fingerprint density at radius 1 is 1.15 bits per heavy atom. The number of piperidine rings is 1. The molecule has 33 heavy (non-hydrogen) atoms. The highest BCUT2D eigenvalue weighted by molar-refractivity contribution is 5.85. The van der Waals surface area contributed by atoms with Gasteiger partial charge in [0.05, 0.1) is 24.4 Å². The molecule has 4 heterocycles. The molecule has 3 aromatic heterocycles. The second-order valence-corrected chi connectivity index (χ2v) is 8.62. The van der Waals surface area contributed by atoms with E-state index in [9.17, 15) is 4.79 Å². The number of fused-ring (bicyclic) bond motifs is 1. The first-order valence-electron chi connectivity index (χ1n) is 11.0. The maximum absolute atomic E-state index is 12.5. The van der Waals surface area contributed by atoms with Crippen LogP contribution in [0.25, 0.3) is 17.1 Å². The monoisotopic (exact) mass is 468 g/mol.